The van der Waals surface area contributed by atoms with E-state index in [-0.39, 0.29) is 11.5 Å². The summed E-state index contributed by atoms with van der Waals surface area (Å²) >= 11 is 0. The summed E-state index contributed by atoms with van der Waals surface area (Å²) in [6, 6.07) is 3.51. The van der Waals surface area contributed by atoms with Crippen molar-refractivity contribution in [3.8, 4) is 12.0 Å². The van der Waals surface area contributed by atoms with Crippen molar-refractivity contribution in [2.45, 2.75) is 45.4 Å². The van der Waals surface area contributed by atoms with Gasteiger partial charge in [0.1, 0.15) is 11.9 Å². The average Bonchev–Trinajstić information content (AvgIpc) is 2.48. The predicted molar refractivity (Wildman–Crippen MR) is 86.1 cm³/mol. The van der Waals surface area contributed by atoms with Crippen LogP contribution in [0.5, 0.6) is 0 Å². The summed E-state index contributed by atoms with van der Waals surface area (Å²) < 4.78 is 5.05. The van der Waals surface area contributed by atoms with E-state index in [1.807, 2.05) is 26.8 Å². The Hall–Kier alpha value is -2.22. The average molecular weight is 301 g/mol. The maximum absolute atomic E-state index is 11.9. The molecule has 0 radical (unpaired) electrons. The van der Waals surface area contributed by atoms with E-state index < -0.39 is 0 Å². The molecule has 2 heterocycles. The Bertz CT molecular complexity index is 603. The fourth-order valence-electron chi connectivity index (χ4n) is 2.41. The van der Waals surface area contributed by atoms with E-state index >= 15 is 0 Å². The number of ether oxygens (including phenoxy) is 1. The fraction of sp³-hybridized carbons (Fsp3) is 0.529. The van der Waals surface area contributed by atoms with Crippen LogP contribution in [0.15, 0.2) is 12.1 Å². The molecular weight excluding hydrogens is 278 g/mol. The molecule has 22 heavy (non-hydrogen) atoms. The first-order valence-electron chi connectivity index (χ1n) is 7.62. The summed E-state index contributed by atoms with van der Waals surface area (Å²) in [7, 11) is 0. The standard InChI is InChI=1S/C17H23N3O2/c1-17(2,3)15-13(7-8-14(18)19-15)9-12-22-16(21)20-10-5-4-6-11-20/h7-8H,4-6,10-11H2,1-3H3,(H2,18,19). The molecule has 0 unspecified atom stereocenters. The van der Waals surface area contributed by atoms with Crippen molar-refractivity contribution in [3.05, 3.63) is 23.4 Å². The molecule has 1 aromatic rings. The first kappa shape index (κ1) is 16.2. The van der Waals surface area contributed by atoms with Gasteiger partial charge in [-0.25, -0.2) is 9.78 Å². The smallest absolute Gasteiger partial charge is 0.384 e. The topological polar surface area (TPSA) is 68.5 Å². The molecule has 0 bridgehead atoms. The predicted octanol–water partition coefficient (Wildman–Crippen LogP) is 2.89. The minimum Gasteiger partial charge on any atom is -0.384 e. The summed E-state index contributed by atoms with van der Waals surface area (Å²) in [4.78, 5) is 17.9. The zero-order valence-corrected chi connectivity index (χ0v) is 13.5. The number of hydrogen-bond donors (Lipinski definition) is 1. The zero-order chi connectivity index (χ0) is 16.2. The van der Waals surface area contributed by atoms with Crippen molar-refractivity contribution in [1.29, 1.82) is 0 Å². The number of likely N-dealkylation sites (tertiary alicyclic amines) is 1. The number of pyridine rings is 1. The number of nitrogens with two attached hydrogens (primary N) is 1. The zero-order valence-electron chi connectivity index (χ0n) is 13.5. The van der Waals surface area contributed by atoms with Crippen LogP contribution in [-0.4, -0.2) is 29.1 Å². The highest BCUT2D eigenvalue weighted by atomic mass is 16.5. The number of hydrogen-bond acceptors (Lipinski definition) is 4. The van der Waals surface area contributed by atoms with Gasteiger partial charge in [-0.2, -0.15) is 0 Å². The summed E-state index contributed by atoms with van der Waals surface area (Å²) in [5.74, 6) is 3.34. The quantitative estimate of drug-likeness (QED) is 0.748. The Morgan fingerprint density at radius 3 is 2.59 bits per heavy atom. The molecule has 0 aromatic carbocycles. The van der Waals surface area contributed by atoms with Gasteiger partial charge >= 0.3 is 6.09 Å². The van der Waals surface area contributed by atoms with Gasteiger partial charge in [0.15, 0.2) is 0 Å². The minimum absolute atomic E-state index is 0.184. The number of anilines is 1. The Labute approximate surface area is 131 Å². The van der Waals surface area contributed by atoms with Crippen molar-refractivity contribution in [3.63, 3.8) is 0 Å². The van der Waals surface area contributed by atoms with E-state index in [1.54, 1.807) is 11.0 Å². The molecule has 5 nitrogen and oxygen atoms in total. The molecule has 1 aromatic heterocycles. The molecule has 5 heteroatoms. The highest BCUT2D eigenvalue weighted by molar-refractivity contribution is 5.69. The van der Waals surface area contributed by atoms with Crippen LogP contribution < -0.4 is 5.73 Å². The molecule has 2 rings (SSSR count). The van der Waals surface area contributed by atoms with E-state index in [1.165, 1.54) is 6.42 Å². The van der Waals surface area contributed by atoms with Crippen LogP contribution in [-0.2, 0) is 10.2 Å². The second-order valence-electron chi connectivity index (χ2n) is 6.53. The van der Waals surface area contributed by atoms with Gasteiger partial charge < -0.3 is 15.4 Å². The van der Waals surface area contributed by atoms with Crippen LogP contribution in [0.4, 0.5) is 10.6 Å². The Balaban J connectivity index is 2.10. The Morgan fingerprint density at radius 1 is 1.27 bits per heavy atom. The maximum atomic E-state index is 11.9. The number of piperidine rings is 1. The van der Waals surface area contributed by atoms with Crippen molar-refractivity contribution >= 4 is 11.9 Å². The van der Waals surface area contributed by atoms with E-state index in [0.29, 0.717) is 5.82 Å². The fourth-order valence-corrected chi connectivity index (χ4v) is 2.41. The lowest BCUT2D eigenvalue weighted by atomic mass is 9.88. The minimum atomic E-state index is -0.368. The van der Waals surface area contributed by atoms with Gasteiger partial charge in [-0.3, -0.25) is 0 Å². The van der Waals surface area contributed by atoms with Gasteiger partial charge in [-0.05, 0) is 37.3 Å². The lowest BCUT2D eigenvalue weighted by Gasteiger charge is -2.24. The first-order chi connectivity index (χ1) is 10.4. The van der Waals surface area contributed by atoms with E-state index in [2.05, 4.69) is 17.0 Å². The molecule has 0 spiro atoms. The molecule has 2 N–H and O–H groups in total. The van der Waals surface area contributed by atoms with Gasteiger partial charge in [0.25, 0.3) is 0 Å². The van der Waals surface area contributed by atoms with Gasteiger partial charge in [0.2, 0.25) is 0 Å². The van der Waals surface area contributed by atoms with Crippen LogP contribution in [0.2, 0.25) is 0 Å². The number of rotatable bonds is 0. The van der Waals surface area contributed by atoms with Crippen molar-refractivity contribution in [2.24, 2.45) is 0 Å². The highest BCUT2D eigenvalue weighted by Gasteiger charge is 2.20. The number of nitrogen functional groups attached to an aromatic ring is 1. The SMILES string of the molecule is CC(C)(C)c1nc(N)ccc1C#COC(=O)N1CCCCC1. The number of nitrogens with zero attached hydrogens (tertiary/aromatic N) is 2. The summed E-state index contributed by atoms with van der Waals surface area (Å²) in [5.41, 5.74) is 7.09. The molecule has 118 valence electrons. The molecule has 0 atom stereocenters. The number of aromatic nitrogens is 1. The van der Waals surface area contributed by atoms with E-state index in [4.69, 9.17) is 10.5 Å². The van der Waals surface area contributed by atoms with Crippen LogP contribution in [0, 0.1) is 12.0 Å². The second-order valence-corrected chi connectivity index (χ2v) is 6.53. The molecule has 1 saturated heterocycles. The molecule has 0 saturated carbocycles. The third kappa shape index (κ3) is 4.14. The monoisotopic (exact) mass is 301 g/mol. The molecular formula is C17H23N3O2. The highest BCUT2D eigenvalue weighted by Crippen LogP contribution is 2.24. The Kier molecular flexibility index (Phi) is 4.92. The van der Waals surface area contributed by atoms with Gasteiger partial charge in [-0.1, -0.05) is 20.8 Å². The molecule has 0 aliphatic carbocycles. The normalized spacial score (nSPS) is 15.0. The lowest BCUT2D eigenvalue weighted by molar-refractivity contribution is 0.134. The van der Waals surface area contributed by atoms with E-state index in [9.17, 15) is 4.79 Å². The van der Waals surface area contributed by atoms with Crippen molar-refractivity contribution < 1.29 is 9.53 Å². The summed E-state index contributed by atoms with van der Waals surface area (Å²) in [6.45, 7) is 7.62. The van der Waals surface area contributed by atoms with Crippen LogP contribution in [0.25, 0.3) is 0 Å². The second kappa shape index (κ2) is 6.69. The maximum Gasteiger partial charge on any atom is 0.423 e. The first-order valence-corrected chi connectivity index (χ1v) is 7.62. The third-order valence-electron chi connectivity index (χ3n) is 3.57. The molecule has 1 amide bonds. The summed E-state index contributed by atoms with van der Waals surface area (Å²) in [6.07, 6.45) is 5.36. The van der Waals surface area contributed by atoms with Crippen LogP contribution in [0.1, 0.15) is 51.3 Å². The lowest BCUT2D eigenvalue weighted by Crippen LogP contribution is -2.35. The van der Waals surface area contributed by atoms with Gasteiger partial charge in [0, 0.05) is 18.5 Å². The molecule has 1 fully saturated rings. The van der Waals surface area contributed by atoms with E-state index in [0.717, 1.165) is 37.2 Å². The number of carbonyl (C=O) groups excluding carboxylic acids is 1. The van der Waals surface area contributed by atoms with Crippen molar-refractivity contribution in [2.75, 3.05) is 18.8 Å². The Morgan fingerprint density at radius 2 is 1.95 bits per heavy atom. The molecule has 1 aliphatic rings. The van der Waals surface area contributed by atoms with Crippen LogP contribution in [0.3, 0.4) is 0 Å². The third-order valence-corrected chi connectivity index (χ3v) is 3.57. The van der Waals surface area contributed by atoms with Crippen molar-refractivity contribution in [1.82, 2.24) is 9.88 Å². The number of carbonyl (C=O) groups is 1. The van der Waals surface area contributed by atoms with Gasteiger partial charge in [0.05, 0.1) is 11.3 Å². The largest absolute Gasteiger partial charge is 0.423 e. The summed E-state index contributed by atoms with van der Waals surface area (Å²) in [5, 5.41) is 0. The van der Waals surface area contributed by atoms with Gasteiger partial charge in [-0.15, -0.1) is 0 Å². The number of amides is 1. The molecule has 1 aliphatic heterocycles. The van der Waals surface area contributed by atoms with Crippen LogP contribution >= 0.6 is 0 Å².